The van der Waals surface area contributed by atoms with Gasteiger partial charge >= 0.3 is 0 Å². The summed E-state index contributed by atoms with van der Waals surface area (Å²) in [6.07, 6.45) is -0.495. The zero-order valence-corrected chi connectivity index (χ0v) is 11.3. The van der Waals surface area contributed by atoms with Crippen LogP contribution in [0.1, 0.15) is 18.5 Å². The van der Waals surface area contributed by atoms with Gasteiger partial charge in [0.2, 0.25) is 0 Å². The van der Waals surface area contributed by atoms with Gasteiger partial charge in [-0.1, -0.05) is 29.8 Å². The second-order valence-corrected chi connectivity index (χ2v) is 4.56. The highest BCUT2D eigenvalue weighted by molar-refractivity contribution is 6.31. The largest absolute Gasteiger partial charge is 0.348 e. The van der Waals surface area contributed by atoms with E-state index in [1.54, 1.807) is 31.2 Å². The van der Waals surface area contributed by atoms with Crippen LogP contribution in [0.2, 0.25) is 5.02 Å². The lowest BCUT2D eigenvalue weighted by atomic mass is 10.0. The Labute approximate surface area is 115 Å². The van der Waals surface area contributed by atoms with Crippen molar-refractivity contribution >= 4 is 11.6 Å². The second kappa shape index (κ2) is 5.56. The van der Waals surface area contributed by atoms with E-state index in [4.69, 9.17) is 16.3 Å². The van der Waals surface area contributed by atoms with Gasteiger partial charge in [-0.25, -0.2) is 0 Å². The van der Waals surface area contributed by atoms with E-state index < -0.39 is 17.3 Å². The normalized spacial score (nSPS) is 23.1. The first-order chi connectivity index (χ1) is 9.04. The van der Waals surface area contributed by atoms with E-state index in [1.807, 2.05) is 0 Å². The van der Waals surface area contributed by atoms with Crippen molar-refractivity contribution in [2.45, 2.75) is 19.3 Å². The average molecular weight is 284 g/mol. The summed E-state index contributed by atoms with van der Waals surface area (Å²) in [6, 6.07) is 6.42. The van der Waals surface area contributed by atoms with Gasteiger partial charge in [-0.05, 0) is 18.6 Å². The van der Waals surface area contributed by atoms with Gasteiger partial charge in [0.1, 0.15) is 6.04 Å². The molecule has 1 aliphatic rings. The summed E-state index contributed by atoms with van der Waals surface area (Å²) >= 11 is 6.12. The van der Waals surface area contributed by atoms with Crippen molar-refractivity contribution in [1.29, 1.82) is 0 Å². The molecular formula is C12H14ClN3O3. The maximum absolute atomic E-state index is 11.2. The summed E-state index contributed by atoms with van der Waals surface area (Å²) in [5, 5.41) is 17.6. The number of hydrogen-bond donors (Lipinski definition) is 2. The smallest absolute Gasteiger partial charge is 0.286 e. The number of ether oxygens (including phenoxy) is 1. The van der Waals surface area contributed by atoms with Crippen molar-refractivity contribution in [3.05, 3.63) is 56.4 Å². The van der Waals surface area contributed by atoms with E-state index in [1.165, 1.54) is 7.11 Å². The van der Waals surface area contributed by atoms with Gasteiger partial charge in [0.25, 0.3) is 5.70 Å². The molecule has 6 nitrogen and oxygen atoms in total. The molecule has 2 rings (SSSR count). The molecule has 19 heavy (non-hydrogen) atoms. The summed E-state index contributed by atoms with van der Waals surface area (Å²) < 4.78 is 5.16. The van der Waals surface area contributed by atoms with Gasteiger partial charge in [0, 0.05) is 12.1 Å². The number of benzene rings is 1. The standard InChI is InChI=1S/C12H14ClN3O3/c1-7-11(16(17)18)10(15-12(14-7)19-2)8-5-3-4-6-9(8)13/h3-6,10,12,14-15H,1-2H3. The Balaban J connectivity index is 2.49. The summed E-state index contributed by atoms with van der Waals surface area (Å²) in [6.45, 7) is 1.65. The topological polar surface area (TPSA) is 76.4 Å². The van der Waals surface area contributed by atoms with E-state index in [9.17, 15) is 10.1 Å². The number of nitrogens with zero attached hydrogens (tertiary/aromatic N) is 1. The molecule has 0 radical (unpaired) electrons. The molecule has 1 aliphatic heterocycles. The van der Waals surface area contributed by atoms with E-state index in [0.29, 0.717) is 16.3 Å². The first-order valence-corrected chi connectivity index (χ1v) is 6.07. The molecule has 0 saturated heterocycles. The predicted molar refractivity (Wildman–Crippen MR) is 71.0 cm³/mol. The van der Waals surface area contributed by atoms with Crippen molar-refractivity contribution < 1.29 is 9.66 Å². The maximum atomic E-state index is 11.2. The number of methoxy groups -OCH3 is 1. The monoisotopic (exact) mass is 283 g/mol. The van der Waals surface area contributed by atoms with Crippen molar-refractivity contribution in [2.75, 3.05) is 7.11 Å². The van der Waals surface area contributed by atoms with Gasteiger partial charge in [-0.15, -0.1) is 0 Å². The molecule has 0 aromatic heterocycles. The van der Waals surface area contributed by atoms with Crippen molar-refractivity contribution in [3.8, 4) is 0 Å². The lowest BCUT2D eigenvalue weighted by molar-refractivity contribution is -0.434. The lowest BCUT2D eigenvalue weighted by Gasteiger charge is -2.30. The van der Waals surface area contributed by atoms with Crippen LogP contribution in [0.25, 0.3) is 0 Å². The third-order valence-electron chi connectivity index (χ3n) is 2.97. The predicted octanol–water partition coefficient (Wildman–Crippen LogP) is 2.01. The molecule has 1 heterocycles. The minimum Gasteiger partial charge on any atom is -0.348 e. The van der Waals surface area contributed by atoms with Crippen molar-refractivity contribution in [1.82, 2.24) is 10.6 Å². The van der Waals surface area contributed by atoms with Crippen LogP contribution in [-0.4, -0.2) is 18.4 Å². The Bertz CT molecular complexity index is 533. The van der Waals surface area contributed by atoms with Crippen molar-refractivity contribution in [3.63, 3.8) is 0 Å². The molecule has 102 valence electrons. The third kappa shape index (κ3) is 2.70. The van der Waals surface area contributed by atoms with E-state index in [2.05, 4.69) is 10.6 Å². The zero-order valence-electron chi connectivity index (χ0n) is 10.5. The van der Waals surface area contributed by atoms with Crippen LogP contribution in [0.5, 0.6) is 0 Å². The highest BCUT2D eigenvalue weighted by Gasteiger charge is 2.36. The van der Waals surface area contributed by atoms with Crippen LogP contribution in [0.3, 0.4) is 0 Å². The molecule has 0 aliphatic carbocycles. The van der Waals surface area contributed by atoms with Crippen LogP contribution >= 0.6 is 11.6 Å². The summed E-state index contributed by atoms with van der Waals surface area (Å²) in [5.41, 5.74) is 1.15. The number of rotatable bonds is 3. The molecular weight excluding hydrogens is 270 g/mol. The highest BCUT2D eigenvalue weighted by atomic mass is 35.5. The molecule has 0 saturated carbocycles. The molecule has 0 spiro atoms. The molecule has 0 fully saturated rings. The summed E-state index contributed by atoms with van der Waals surface area (Å²) in [4.78, 5) is 10.8. The van der Waals surface area contributed by atoms with E-state index in [0.717, 1.165) is 0 Å². The number of nitrogens with one attached hydrogen (secondary N) is 2. The SMILES string of the molecule is COC1NC(C)=C([N+](=O)[O-])C(c2ccccc2Cl)N1. The van der Waals surface area contributed by atoms with Crippen LogP contribution < -0.4 is 10.6 Å². The highest BCUT2D eigenvalue weighted by Crippen LogP contribution is 2.32. The average Bonchev–Trinajstić information content (AvgIpc) is 2.37. The van der Waals surface area contributed by atoms with Gasteiger partial charge in [0.15, 0.2) is 6.35 Å². The quantitative estimate of drug-likeness (QED) is 0.655. The van der Waals surface area contributed by atoms with Crippen LogP contribution in [-0.2, 0) is 4.74 Å². The Hall–Kier alpha value is -1.63. The Morgan fingerprint density at radius 3 is 2.68 bits per heavy atom. The first kappa shape index (κ1) is 13.8. The fourth-order valence-corrected chi connectivity index (χ4v) is 2.32. The number of halogens is 1. The van der Waals surface area contributed by atoms with Gasteiger partial charge < -0.3 is 10.1 Å². The number of hydrogen-bond acceptors (Lipinski definition) is 5. The van der Waals surface area contributed by atoms with Crippen molar-refractivity contribution in [2.24, 2.45) is 0 Å². The minimum absolute atomic E-state index is 0.0430. The van der Waals surface area contributed by atoms with E-state index in [-0.39, 0.29) is 5.70 Å². The Morgan fingerprint density at radius 1 is 1.42 bits per heavy atom. The molecule has 1 aromatic rings. The Morgan fingerprint density at radius 2 is 2.11 bits per heavy atom. The first-order valence-electron chi connectivity index (χ1n) is 5.69. The molecule has 7 heteroatoms. The maximum Gasteiger partial charge on any atom is 0.286 e. The molecule has 2 unspecified atom stereocenters. The van der Waals surface area contributed by atoms with Gasteiger partial charge in [0.05, 0.1) is 10.6 Å². The minimum atomic E-state index is -0.616. The Kier molecular flexibility index (Phi) is 4.04. The molecule has 0 amide bonds. The molecule has 2 atom stereocenters. The fourth-order valence-electron chi connectivity index (χ4n) is 2.07. The zero-order chi connectivity index (χ0) is 14.0. The van der Waals surface area contributed by atoms with Crippen LogP contribution in [0.15, 0.2) is 35.7 Å². The molecule has 0 bridgehead atoms. The summed E-state index contributed by atoms with van der Waals surface area (Å²) in [5.74, 6) is 0. The van der Waals surface area contributed by atoms with Crippen LogP contribution in [0, 0.1) is 10.1 Å². The van der Waals surface area contributed by atoms with Gasteiger partial charge in [-0.2, -0.15) is 0 Å². The lowest BCUT2D eigenvalue weighted by Crippen LogP contribution is -2.50. The number of allylic oxidation sites excluding steroid dienone is 1. The van der Waals surface area contributed by atoms with Gasteiger partial charge in [-0.3, -0.25) is 15.4 Å². The third-order valence-corrected chi connectivity index (χ3v) is 3.32. The fraction of sp³-hybridized carbons (Fsp3) is 0.333. The van der Waals surface area contributed by atoms with E-state index >= 15 is 0 Å². The van der Waals surface area contributed by atoms with Crippen LogP contribution in [0.4, 0.5) is 0 Å². The number of nitro groups is 1. The summed E-state index contributed by atoms with van der Waals surface area (Å²) in [7, 11) is 1.51. The molecule has 2 N–H and O–H groups in total. The molecule has 1 aromatic carbocycles. The second-order valence-electron chi connectivity index (χ2n) is 4.15.